The lowest BCUT2D eigenvalue weighted by Gasteiger charge is -2.38. The molecule has 18 heteroatoms. The highest BCUT2D eigenvalue weighted by atomic mass is 16.8. The van der Waals surface area contributed by atoms with Crippen molar-refractivity contribution in [3.05, 3.63) is 0 Å². The van der Waals surface area contributed by atoms with Gasteiger partial charge >= 0.3 is 0 Å². The highest BCUT2D eigenvalue weighted by molar-refractivity contribution is 5.13. The van der Waals surface area contributed by atoms with Gasteiger partial charge < -0.3 is 87.5 Å². The predicted octanol–water partition coefficient (Wildman–Crippen LogP) is 4.83. The largest absolute Gasteiger partial charge is 0.387 e. The Morgan fingerprint density at radius 1 is 0.167 bits per heavy atom. The third-order valence-electron chi connectivity index (χ3n) is 19.9. The van der Waals surface area contributed by atoms with Crippen molar-refractivity contribution in [2.24, 2.45) is 0 Å². The van der Waals surface area contributed by atoms with Crippen LogP contribution in [0.1, 0.15) is 193 Å². The predicted molar refractivity (Wildman–Crippen MR) is 249 cm³/mol. The summed E-state index contributed by atoms with van der Waals surface area (Å²) in [5.74, 6) is -3.61. The smallest absolute Gasteiger partial charge is 0.169 e. The highest BCUT2D eigenvalue weighted by Crippen LogP contribution is 2.55. The number of rotatable bonds is 0. The van der Waals surface area contributed by atoms with Gasteiger partial charge in [-0.1, -0.05) is 38.5 Å². The number of fused-ring (bicyclic) bond motifs is 9. The van der Waals surface area contributed by atoms with Crippen molar-refractivity contribution in [3.63, 3.8) is 0 Å². The van der Waals surface area contributed by atoms with Gasteiger partial charge in [0.25, 0.3) is 0 Å². The normalized spacial score (nSPS) is 49.2. The zero-order valence-corrected chi connectivity index (χ0v) is 42.2. The molecule has 0 bridgehead atoms. The molecule has 6 aliphatic heterocycles. The molecule has 6 saturated heterocycles. The van der Waals surface area contributed by atoms with Gasteiger partial charge in [0.1, 0.15) is 110 Å². The van der Waals surface area contributed by atoms with Gasteiger partial charge in [-0.3, -0.25) is 0 Å². The van der Waals surface area contributed by atoms with Gasteiger partial charge in [-0.05, 0) is 77.0 Å². The Hall–Kier alpha value is -0.720. The third-order valence-corrected chi connectivity index (χ3v) is 19.9. The van der Waals surface area contributed by atoms with Crippen LogP contribution in [0.4, 0.5) is 0 Å². The van der Waals surface area contributed by atoms with E-state index in [1.54, 1.807) is 0 Å². The van der Waals surface area contributed by atoms with E-state index in [1.165, 1.54) is 38.5 Å². The van der Waals surface area contributed by atoms with Crippen LogP contribution < -0.4 is 0 Å². The van der Waals surface area contributed by atoms with Crippen LogP contribution in [0.15, 0.2) is 0 Å². The molecule has 18 atom stereocenters. The number of aliphatic hydroxyl groups excluding tert-OH is 6. The van der Waals surface area contributed by atoms with Crippen molar-refractivity contribution in [3.8, 4) is 0 Å². The van der Waals surface area contributed by atoms with Gasteiger partial charge in [-0.2, -0.15) is 0 Å². The first kappa shape index (κ1) is 50.8. The van der Waals surface area contributed by atoms with E-state index in [2.05, 4.69) is 0 Å². The van der Waals surface area contributed by atoms with Crippen LogP contribution >= 0.6 is 0 Å². The fourth-order valence-electron chi connectivity index (χ4n) is 16.2. The molecule has 72 heavy (non-hydrogen) atoms. The summed E-state index contributed by atoms with van der Waals surface area (Å²) < 4.78 is 75.3. The lowest BCUT2D eigenvalue weighted by molar-refractivity contribution is -0.224. The molecule has 0 unspecified atom stereocenters. The van der Waals surface area contributed by atoms with E-state index in [-0.39, 0.29) is 36.6 Å². The van der Waals surface area contributed by atoms with Crippen molar-refractivity contribution in [2.75, 3.05) is 0 Å². The van der Waals surface area contributed by atoms with Crippen LogP contribution in [-0.4, -0.2) is 175 Å². The Balaban J connectivity index is 0.000000105. The lowest BCUT2D eigenvalue weighted by Crippen LogP contribution is -2.61. The summed E-state index contributed by atoms with van der Waals surface area (Å²) in [6.45, 7) is 0. The minimum Gasteiger partial charge on any atom is -0.387 e. The van der Waals surface area contributed by atoms with E-state index in [9.17, 15) is 30.6 Å². The second-order valence-electron chi connectivity index (χ2n) is 24.8. The van der Waals surface area contributed by atoms with Crippen LogP contribution in [0.2, 0.25) is 0 Å². The molecule has 6 heterocycles. The first-order valence-electron chi connectivity index (χ1n) is 29.1. The van der Waals surface area contributed by atoms with Crippen LogP contribution in [-0.2, 0) is 56.8 Å². The van der Waals surface area contributed by atoms with Crippen LogP contribution in [0.25, 0.3) is 0 Å². The molecular formula is C54H84O18. The van der Waals surface area contributed by atoms with E-state index >= 15 is 0 Å². The second kappa shape index (κ2) is 19.6. The summed E-state index contributed by atoms with van der Waals surface area (Å²) in [4.78, 5) is 0. The van der Waals surface area contributed by atoms with Crippen molar-refractivity contribution in [2.45, 2.75) is 337 Å². The summed E-state index contributed by atoms with van der Waals surface area (Å²) in [5.41, 5.74) is 0. The van der Waals surface area contributed by atoms with Crippen LogP contribution in [0.5, 0.6) is 0 Å². The quantitative estimate of drug-likeness (QED) is 0.191. The molecule has 0 aromatic heterocycles. The third kappa shape index (κ3) is 8.83. The topological polar surface area (TPSA) is 232 Å². The SMILES string of the molecule is O[C@@H]1[C@@H](O)[C@@H]2OC3(CCCCC3)O[C@H]2[C@@H]2OC3(CCCCC3)O[C@H]12.O[C@H]1[C@H](O)[C@@H]2OC3(CCCCC3)O[C@@H]2[C@H]2OC3(CCCCC3)O[C@H]12.O[C@H]1[C@H](O)[C@@H]2OC3(CCCCC3)O[C@@H]2[C@H]2OC3(CCCCC3)O[C@H]12. The van der Waals surface area contributed by atoms with Crippen LogP contribution in [0, 0.1) is 0 Å². The van der Waals surface area contributed by atoms with E-state index in [0.29, 0.717) is 0 Å². The van der Waals surface area contributed by atoms with E-state index < -0.39 is 108 Å². The van der Waals surface area contributed by atoms with Crippen molar-refractivity contribution < 1.29 is 87.5 Å². The van der Waals surface area contributed by atoms with Crippen molar-refractivity contribution in [1.82, 2.24) is 0 Å². The summed E-state index contributed by atoms with van der Waals surface area (Å²) in [7, 11) is 0. The van der Waals surface area contributed by atoms with Crippen molar-refractivity contribution >= 4 is 0 Å². The standard InChI is InChI=1S/3C18H28O6/c3*19-11-12(20)14-16(24-18(22-14)9-5-2-6-10-18)15-13(11)21-17(23-15)7-3-1-4-8-17/h3*11-16,19-20H,1-10H2/t3*11-,12-,13-,14+,15-,16-/m100/s1. The molecule has 0 aromatic rings. The fraction of sp³-hybridized carbons (Fsp3) is 1.00. The minimum absolute atomic E-state index is 0.354. The Morgan fingerprint density at radius 2 is 0.278 bits per heavy atom. The Kier molecular flexibility index (Phi) is 13.8. The summed E-state index contributed by atoms with van der Waals surface area (Å²) >= 11 is 0. The molecule has 15 rings (SSSR count). The summed E-state index contributed by atoms with van der Waals surface area (Å²) in [6.07, 6.45) is 19.2. The number of hydrogen-bond donors (Lipinski definition) is 6. The number of ether oxygens (including phenoxy) is 12. The molecule has 408 valence electrons. The minimum atomic E-state index is -0.986. The molecule has 15 aliphatic rings. The van der Waals surface area contributed by atoms with Crippen LogP contribution in [0.3, 0.4) is 0 Å². The zero-order valence-electron chi connectivity index (χ0n) is 42.2. The van der Waals surface area contributed by atoms with Gasteiger partial charge in [-0.25, -0.2) is 0 Å². The average molecular weight is 1020 g/mol. The first-order valence-corrected chi connectivity index (χ1v) is 29.1. The summed E-state index contributed by atoms with van der Waals surface area (Å²) in [6, 6.07) is 0. The van der Waals surface area contributed by atoms with Gasteiger partial charge in [0.05, 0.1) is 0 Å². The van der Waals surface area contributed by atoms with Gasteiger partial charge in [0, 0.05) is 77.0 Å². The molecule has 15 fully saturated rings. The monoisotopic (exact) mass is 1020 g/mol. The molecule has 6 N–H and O–H groups in total. The molecular weight excluding hydrogens is 937 g/mol. The fourth-order valence-corrected chi connectivity index (χ4v) is 16.2. The van der Waals surface area contributed by atoms with Gasteiger partial charge in [-0.15, -0.1) is 0 Å². The Bertz CT molecular complexity index is 1530. The maximum atomic E-state index is 10.6. The van der Waals surface area contributed by atoms with Gasteiger partial charge in [0.15, 0.2) is 34.7 Å². The Labute approximate surface area is 423 Å². The van der Waals surface area contributed by atoms with Gasteiger partial charge in [0.2, 0.25) is 0 Å². The second-order valence-corrected chi connectivity index (χ2v) is 24.8. The average Bonchev–Trinajstić information content (AvgIpc) is 4.27. The zero-order chi connectivity index (χ0) is 49.1. The molecule has 6 spiro atoms. The maximum absolute atomic E-state index is 10.6. The number of aliphatic hydroxyl groups is 6. The Morgan fingerprint density at radius 3 is 0.403 bits per heavy atom. The number of hydrogen-bond acceptors (Lipinski definition) is 18. The van der Waals surface area contributed by atoms with Crippen molar-refractivity contribution in [1.29, 1.82) is 0 Å². The molecule has 0 amide bonds. The van der Waals surface area contributed by atoms with E-state index in [4.69, 9.17) is 56.8 Å². The van der Waals surface area contributed by atoms with E-state index in [0.717, 1.165) is 154 Å². The molecule has 0 radical (unpaired) electrons. The molecule has 0 aromatic carbocycles. The maximum Gasteiger partial charge on any atom is 0.169 e. The molecule has 9 aliphatic carbocycles. The lowest BCUT2D eigenvalue weighted by atomic mass is 9.85. The van der Waals surface area contributed by atoms with E-state index in [1.807, 2.05) is 0 Å². The molecule has 18 nitrogen and oxygen atoms in total. The first-order chi connectivity index (χ1) is 34.8. The summed E-state index contributed by atoms with van der Waals surface area (Å²) in [5, 5.41) is 63.6. The highest BCUT2D eigenvalue weighted by Gasteiger charge is 2.69. The molecule has 9 saturated carbocycles.